The fourth-order valence-electron chi connectivity index (χ4n) is 4.41. The number of aromatic nitrogens is 5. The summed E-state index contributed by atoms with van der Waals surface area (Å²) in [6.45, 7) is 11.3. The Hall–Kier alpha value is -2.41. The number of hydrogen-bond acceptors (Lipinski definition) is 5. The lowest BCUT2D eigenvalue weighted by Crippen LogP contribution is -2.31. The van der Waals surface area contributed by atoms with E-state index in [2.05, 4.69) is 40.0 Å². The fourth-order valence-corrected chi connectivity index (χ4v) is 4.41. The highest BCUT2D eigenvalue weighted by Gasteiger charge is 2.30. The largest absolute Gasteiger partial charge is 0.451 e. The Labute approximate surface area is 165 Å². The van der Waals surface area contributed by atoms with Crippen molar-refractivity contribution in [2.75, 3.05) is 6.54 Å². The Balaban J connectivity index is 1.44. The summed E-state index contributed by atoms with van der Waals surface area (Å²) in [7, 11) is 0. The maximum absolute atomic E-state index is 5.25. The van der Waals surface area contributed by atoms with Gasteiger partial charge in [-0.05, 0) is 39.5 Å². The highest BCUT2D eigenvalue weighted by molar-refractivity contribution is 5.59. The normalized spacial score (nSPS) is 17.2. The number of aryl methyl sites for hydroxylation is 2. The molecule has 1 aliphatic heterocycles. The van der Waals surface area contributed by atoms with Crippen molar-refractivity contribution in [1.29, 1.82) is 0 Å². The van der Waals surface area contributed by atoms with Crippen LogP contribution < -0.4 is 0 Å². The standard InChI is InChI=1S/C21H28N6O/c1-4-26-15(3)17(14(2)23-26)10-25-8-7-20-18(11-25)21(19-12-28-13-22-19)24-27(20)9-16-5-6-16/h12-13,16H,4-11H2,1-3H3. The monoisotopic (exact) mass is 380 g/mol. The first-order valence-corrected chi connectivity index (χ1v) is 10.4. The summed E-state index contributed by atoms with van der Waals surface area (Å²) in [5.74, 6) is 0.803. The van der Waals surface area contributed by atoms with E-state index < -0.39 is 0 Å². The zero-order valence-electron chi connectivity index (χ0n) is 17.0. The fraction of sp³-hybridized carbons (Fsp3) is 0.571. The van der Waals surface area contributed by atoms with Crippen molar-refractivity contribution < 1.29 is 4.42 Å². The van der Waals surface area contributed by atoms with Crippen LogP contribution in [0.4, 0.5) is 0 Å². The highest BCUT2D eigenvalue weighted by atomic mass is 16.3. The quantitative estimate of drug-likeness (QED) is 0.656. The van der Waals surface area contributed by atoms with Crippen LogP contribution in [0, 0.1) is 19.8 Å². The van der Waals surface area contributed by atoms with Gasteiger partial charge in [0.15, 0.2) is 6.39 Å². The molecule has 3 aromatic rings. The molecular weight excluding hydrogens is 352 g/mol. The zero-order chi connectivity index (χ0) is 19.3. The minimum absolute atomic E-state index is 0.803. The first kappa shape index (κ1) is 17.7. The molecule has 148 valence electrons. The molecule has 3 aromatic heterocycles. The molecule has 0 aromatic carbocycles. The van der Waals surface area contributed by atoms with Crippen molar-refractivity contribution in [3.8, 4) is 11.4 Å². The average molecular weight is 380 g/mol. The van der Waals surface area contributed by atoms with Gasteiger partial charge in [-0.3, -0.25) is 14.3 Å². The molecular formula is C21H28N6O. The summed E-state index contributed by atoms with van der Waals surface area (Å²) in [4.78, 5) is 6.90. The third-order valence-electron chi connectivity index (χ3n) is 6.23. The predicted octanol–water partition coefficient (Wildman–Crippen LogP) is 3.34. The van der Waals surface area contributed by atoms with Gasteiger partial charge >= 0.3 is 0 Å². The van der Waals surface area contributed by atoms with E-state index in [1.807, 2.05) is 0 Å². The summed E-state index contributed by atoms with van der Waals surface area (Å²) in [5, 5.41) is 9.65. The molecule has 0 unspecified atom stereocenters. The Morgan fingerprint density at radius 1 is 1.18 bits per heavy atom. The number of fused-ring (bicyclic) bond motifs is 1. The van der Waals surface area contributed by atoms with Gasteiger partial charge in [0.1, 0.15) is 17.7 Å². The molecule has 4 heterocycles. The summed E-state index contributed by atoms with van der Waals surface area (Å²) in [5.41, 5.74) is 8.33. The van der Waals surface area contributed by atoms with Gasteiger partial charge in [0, 0.05) is 61.7 Å². The Kier molecular flexibility index (Phi) is 4.34. The molecule has 0 bridgehead atoms. The molecule has 7 nitrogen and oxygen atoms in total. The maximum atomic E-state index is 5.25. The van der Waals surface area contributed by atoms with Crippen molar-refractivity contribution in [2.24, 2.45) is 5.92 Å². The van der Waals surface area contributed by atoms with Crippen LogP contribution in [-0.2, 0) is 32.6 Å². The van der Waals surface area contributed by atoms with Gasteiger partial charge in [0.05, 0.1) is 5.69 Å². The Morgan fingerprint density at radius 2 is 2.04 bits per heavy atom. The molecule has 1 fully saturated rings. The van der Waals surface area contributed by atoms with E-state index in [-0.39, 0.29) is 0 Å². The van der Waals surface area contributed by atoms with Crippen molar-refractivity contribution in [3.05, 3.63) is 40.9 Å². The van der Waals surface area contributed by atoms with E-state index in [4.69, 9.17) is 14.6 Å². The highest BCUT2D eigenvalue weighted by Crippen LogP contribution is 2.35. The van der Waals surface area contributed by atoms with Crippen molar-refractivity contribution in [3.63, 3.8) is 0 Å². The van der Waals surface area contributed by atoms with Gasteiger partial charge in [-0.25, -0.2) is 4.98 Å². The number of hydrogen-bond donors (Lipinski definition) is 0. The third kappa shape index (κ3) is 3.07. The van der Waals surface area contributed by atoms with Gasteiger partial charge in [-0.1, -0.05) is 0 Å². The van der Waals surface area contributed by atoms with Crippen LogP contribution in [0.1, 0.15) is 48.0 Å². The van der Waals surface area contributed by atoms with Crippen LogP contribution in [0.3, 0.4) is 0 Å². The van der Waals surface area contributed by atoms with E-state index >= 15 is 0 Å². The number of rotatable bonds is 6. The van der Waals surface area contributed by atoms with Crippen molar-refractivity contribution in [1.82, 2.24) is 29.4 Å². The van der Waals surface area contributed by atoms with Crippen LogP contribution in [0.2, 0.25) is 0 Å². The molecule has 2 aliphatic rings. The van der Waals surface area contributed by atoms with Crippen LogP contribution in [0.15, 0.2) is 17.1 Å². The van der Waals surface area contributed by atoms with Crippen LogP contribution in [-0.4, -0.2) is 36.0 Å². The average Bonchev–Trinajstić information content (AvgIpc) is 3.11. The van der Waals surface area contributed by atoms with Gasteiger partial charge in [0.2, 0.25) is 0 Å². The van der Waals surface area contributed by atoms with E-state index in [0.717, 1.165) is 62.1 Å². The van der Waals surface area contributed by atoms with Gasteiger partial charge in [-0.15, -0.1) is 0 Å². The Bertz CT molecular complexity index is 979. The van der Waals surface area contributed by atoms with Crippen LogP contribution in [0.5, 0.6) is 0 Å². The van der Waals surface area contributed by atoms with Gasteiger partial charge in [-0.2, -0.15) is 10.2 Å². The smallest absolute Gasteiger partial charge is 0.181 e. The first-order valence-electron chi connectivity index (χ1n) is 10.4. The number of oxazole rings is 1. The third-order valence-corrected chi connectivity index (χ3v) is 6.23. The summed E-state index contributed by atoms with van der Waals surface area (Å²) in [6.07, 6.45) is 6.91. The lowest BCUT2D eigenvalue weighted by Gasteiger charge is -2.28. The topological polar surface area (TPSA) is 64.9 Å². The number of nitrogens with zero attached hydrogens (tertiary/aromatic N) is 6. The second-order valence-electron chi connectivity index (χ2n) is 8.20. The minimum atomic E-state index is 0.803. The lowest BCUT2D eigenvalue weighted by molar-refractivity contribution is 0.241. The molecule has 28 heavy (non-hydrogen) atoms. The van der Waals surface area contributed by atoms with Crippen LogP contribution >= 0.6 is 0 Å². The summed E-state index contributed by atoms with van der Waals surface area (Å²) < 4.78 is 9.60. The molecule has 0 amide bonds. The van der Waals surface area contributed by atoms with Crippen molar-refractivity contribution >= 4 is 0 Å². The molecule has 0 radical (unpaired) electrons. The Morgan fingerprint density at radius 3 is 2.71 bits per heavy atom. The van der Waals surface area contributed by atoms with Crippen molar-refractivity contribution in [2.45, 2.75) is 66.2 Å². The maximum Gasteiger partial charge on any atom is 0.181 e. The van der Waals surface area contributed by atoms with Gasteiger partial charge in [0.25, 0.3) is 0 Å². The second kappa shape index (κ2) is 6.88. The first-order chi connectivity index (χ1) is 13.6. The summed E-state index contributed by atoms with van der Waals surface area (Å²) >= 11 is 0. The molecule has 0 N–H and O–H groups in total. The van der Waals surface area contributed by atoms with Gasteiger partial charge < -0.3 is 4.42 Å². The van der Waals surface area contributed by atoms with Crippen LogP contribution in [0.25, 0.3) is 11.4 Å². The molecule has 7 heteroatoms. The minimum Gasteiger partial charge on any atom is -0.451 e. The molecule has 0 atom stereocenters. The second-order valence-corrected chi connectivity index (χ2v) is 8.20. The van der Waals surface area contributed by atoms with E-state index in [0.29, 0.717) is 0 Å². The van der Waals surface area contributed by atoms with E-state index in [1.165, 1.54) is 41.8 Å². The zero-order valence-corrected chi connectivity index (χ0v) is 17.0. The summed E-state index contributed by atoms with van der Waals surface area (Å²) in [6, 6.07) is 0. The predicted molar refractivity (Wildman–Crippen MR) is 106 cm³/mol. The van der Waals surface area contributed by atoms with E-state index in [1.54, 1.807) is 6.26 Å². The molecule has 5 rings (SSSR count). The SMILES string of the molecule is CCn1nc(C)c(CN2CCc3c(c(-c4cocn4)nn3CC3CC3)C2)c1C. The lowest BCUT2D eigenvalue weighted by atomic mass is 10.0. The van der Waals surface area contributed by atoms with E-state index in [9.17, 15) is 0 Å². The molecule has 0 saturated heterocycles. The molecule has 0 spiro atoms. The molecule has 1 saturated carbocycles. The molecule has 1 aliphatic carbocycles.